The quantitative estimate of drug-likeness (QED) is 0.194. The maximum absolute atomic E-state index is 14.7. The van der Waals surface area contributed by atoms with Crippen LogP contribution in [-0.2, 0) is 28.0 Å². The maximum atomic E-state index is 14.7. The van der Waals surface area contributed by atoms with Gasteiger partial charge in [-0.25, -0.2) is 4.79 Å². The van der Waals surface area contributed by atoms with E-state index in [9.17, 15) is 9.59 Å². The Kier molecular flexibility index (Phi) is 9.57. The fraction of sp³-hybridized carbons (Fsp3) is 0.462. The highest BCUT2D eigenvalue weighted by molar-refractivity contribution is 5.90. The fourth-order valence-electron chi connectivity index (χ4n) is 7.36. The third kappa shape index (κ3) is 7.16. The number of methoxy groups -OCH3 is 1. The Hall–Kier alpha value is -4.33. The zero-order valence-corrected chi connectivity index (χ0v) is 28.2. The lowest BCUT2D eigenvalue weighted by Crippen LogP contribution is -2.47. The largest absolute Gasteiger partial charge is 0.493 e. The number of carbonyl (C=O) groups is 2. The van der Waals surface area contributed by atoms with Crippen LogP contribution in [0.2, 0.25) is 0 Å². The first-order valence-corrected chi connectivity index (χ1v) is 17.0. The molecule has 1 saturated carbocycles. The molecule has 1 amide bonds. The minimum Gasteiger partial charge on any atom is -0.493 e. The Labute approximate surface area is 278 Å². The first kappa shape index (κ1) is 32.6. The molecule has 6 rings (SSSR count). The predicted octanol–water partition coefficient (Wildman–Crippen LogP) is 8.09. The summed E-state index contributed by atoms with van der Waals surface area (Å²) in [6.45, 7) is 7.49. The smallest absolute Gasteiger partial charge is 0.435 e. The van der Waals surface area contributed by atoms with Crippen LogP contribution in [0.15, 0.2) is 72.9 Å². The summed E-state index contributed by atoms with van der Waals surface area (Å²) in [5.74, 6) is 1.88. The van der Waals surface area contributed by atoms with Crippen molar-refractivity contribution in [2.75, 3.05) is 20.2 Å². The molecular formula is C39H47N3O5. The van der Waals surface area contributed by atoms with E-state index in [1.54, 1.807) is 13.3 Å². The lowest BCUT2D eigenvalue weighted by Gasteiger charge is -2.36. The number of rotatable bonds is 8. The van der Waals surface area contributed by atoms with Gasteiger partial charge in [-0.3, -0.25) is 4.79 Å². The Bertz CT molecular complexity index is 1700. The number of amides is 1. The second kappa shape index (κ2) is 13.8. The van der Waals surface area contributed by atoms with Crippen molar-refractivity contribution in [3.63, 3.8) is 0 Å². The van der Waals surface area contributed by atoms with Gasteiger partial charge in [-0.2, -0.15) is 9.78 Å². The molecule has 0 spiro atoms. The molecule has 0 bridgehead atoms. The normalized spacial score (nSPS) is 18.1. The van der Waals surface area contributed by atoms with Crippen molar-refractivity contribution in [2.24, 2.45) is 5.92 Å². The minimum atomic E-state index is -0.608. The molecule has 1 aliphatic carbocycles. The summed E-state index contributed by atoms with van der Waals surface area (Å²) >= 11 is 0. The predicted molar refractivity (Wildman–Crippen MR) is 183 cm³/mol. The maximum Gasteiger partial charge on any atom is 0.435 e. The van der Waals surface area contributed by atoms with E-state index in [0.717, 1.165) is 85.5 Å². The van der Waals surface area contributed by atoms with Gasteiger partial charge in [-0.05, 0) is 93.7 Å². The first-order valence-electron chi connectivity index (χ1n) is 17.0. The fourth-order valence-corrected chi connectivity index (χ4v) is 7.36. The summed E-state index contributed by atoms with van der Waals surface area (Å²) in [7, 11) is 1.66. The number of hydrogen-bond donors (Lipinski definition) is 0. The molecular weight excluding hydrogens is 590 g/mol. The van der Waals surface area contributed by atoms with Crippen LogP contribution in [-0.4, -0.2) is 52.5 Å². The number of hydrogen-bond acceptors (Lipinski definition) is 6. The molecule has 248 valence electrons. The van der Waals surface area contributed by atoms with E-state index >= 15 is 0 Å². The molecule has 1 atom stereocenters. The molecule has 1 unspecified atom stereocenters. The summed E-state index contributed by atoms with van der Waals surface area (Å²) < 4.78 is 18.9. The SMILES string of the molecule is COc1cc(C2(C(=O)N3CCCCC(Cc4cccc5c4cnn5C(=O)OC(C)(C)C)C3)CCCC2)ccc1OCc1ccccc1. The molecule has 8 heteroatoms. The van der Waals surface area contributed by atoms with E-state index < -0.39 is 17.1 Å². The number of aromatic nitrogens is 2. The first-order chi connectivity index (χ1) is 22.7. The van der Waals surface area contributed by atoms with Gasteiger partial charge in [0.1, 0.15) is 12.2 Å². The standard InChI is InChI=1S/C39H47N3O5/c1-38(2,3)47-37(44)42-33-17-12-16-30(32(33)25-40-42)23-29-15-8-11-22-41(26-29)36(43)39(20-9-10-21-39)31-18-19-34(35(24-31)45-4)46-27-28-13-6-5-7-14-28/h5-7,12-14,16-19,24-25,29H,8-11,15,20-23,26-27H2,1-4H3. The van der Waals surface area contributed by atoms with Gasteiger partial charge in [-0.1, -0.05) is 67.8 Å². The van der Waals surface area contributed by atoms with Gasteiger partial charge in [-0.15, -0.1) is 0 Å². The molecule has 2 heterocycles. The zero-order chi connectivity index (χ0) is 33.0. The van der Waals surface area contributed by atoms with Crippen LogP contribution in [0.3, 0.4) is 0 Å². The molecule has 1 aliphatic heterocycles. The van der Waals surface area contributed by atoms with Crippen LogP contribution < -0.4 is 9.47 Å². The topological polar surface area (TPSA) is 82.9 Å². The molecule has 3 aromatic carbocycles. The van der Waals surface area contributed by atoms with Crippen molar-refractivity contribution in [3.05, 3.63) is 89.6 Å². The Balaban J connectivity index is 1.21. The molecule has 1 aromatic heterocycles. The average molecular weight is 638 g/mol. The number of ether oxygens (including phenoxy) is 3. The lowest BCUT2D eigenvalue weighted by atomic mass is 9.77. The third-order valence-electron chi connectivity index (χ3n) is 9.65. The summed E-state index contributed by atoms with van der Waals surface area (Å²) in [4.78, 5) is 29.6. The number of nitrogens with zero attached hydrogens (tertiary/aromatic N) is 3. The van der Waals surface area contributed by atoms with Gasteiger partial charge in [0.25, 0.3) is 0 Å². The van der Waals surface area contributed by atoms with Crippen molar-refractivity contribution in [1.82, 2.24) is 14.7 Å². The molecule has 4 aromatic rings. The van der Waals surface area contributed by atoms with Crippen LogP contribution in [0.25, 0.3) is 10.9 Å². The number of fused-ring (bicyclic) bond motifs is 1. The Morgan fingerprint density at radius 1 is 0.936 bits per heavy atom. The second-order valence-electron chi connectivity index (χ2n) is 14.1. The third-order valence-corrected chi connectivity index (χ3v) is 9.65. The van der Waals surface area contributed by atoms with Gasteiger partial charge >= 0.3 is 6.09 Å². The molecule has 2 fully saturated rings. The van der Waals surface area contributed by atoms with Gasteiger partial charge < -0.3 is 19.1 Å². The van der Waals surface area contributed by atoms with E-state index in [2.05, 4.69) is 22.1 Å². The van der Waals surface area contributed by atoms with Crippen LogP contribution in [0.5, 0.6) is 11.5 Å². The summed E-state index contributed by atoms with van der Waals surface area (Å²) in [6, 6.07) is 22.2. The highest BCUT2D eigenvalue weighted by Crippen LogP contribution is 2.45. The summed E-state index contributed by atoms with van der Waals surface area (Å²) in [5, 5.41) is 5.35. The highest BCUT2D eigenvalue weighted by Gasteiger charge is 2.46. The molecule has 47 heavy (non-hydrogen) atoms. The number of carbonyl (C=O) groups excluding carboxylic acids is 2. The highest BCUT2D eigenvalue weighted by atomic mass is 16.6. The van der Waals surface area contributed by atoms with E-state index in [1.807, 2.05) is 75.4 Å². The van der Waals surface area contributed by atoms with Crippen LogP contribution >= 0.6 is 0 Å². The van der Waals surface area contributed by atoms with E-state index in [-0.39, 0.29) is 5.91 Å². The van der Waals surface area contributed by atoms with Crippen molar-refractivity contribution >= 4 is 22.9 Å². The monoisotopic (exact) mass is 637 g/mol. The number of likely N-dealkylation sites (tertiary alicyclic amines) is 1. The minimum absolute atomic E-state index is 0.234. The number of benzene rings is 3. The van der Waals surface area contributed by atoms with Crippen molar-refractivity contribution < 1.29 is 23.8 Å². The summed E-state index contributed by atoms with van der Waals surface area (Å²) in [6.07, 6.45) is 8.96. The van der Waals surface area contributed by atoms with Crippen LogP contribution in [0, 0.1) is 5.92 Å². The summed E-state index contributed by atoms with van der Waals surface area (Å²) in [5.41, 5.74) is 2.82. The van der Waals surface area contributed by atoms with Gasteiger partial charge in [0, 0.05) is 18.5 Å². The van der Waals surface area contributed by atoms with E-state index in [0.29, 0.717) is 30.6 Å². The van der Waals surface area contributed by atoms with E-state index in [4.69, 9.17) is 14.2 Å². The Morgan fingerprint density at radius 3 is 2.47 bits per heavy atom. The molecule has 2 aliphatic rings. The van der Waals surface area contributed by atoms with Crippen molar-refractivity contribution in [1.29, 1.82) is 0 Å². The molecule has 0 radical (unpaired) electrons. The van der Waals surface area contributed by atoms with Crippen molar-refractivity contribution in [2.45, 2.75) is 89.8 Å². The average Bonchev–Trinajstić information content (AvgIpc) is 3.68. The lowest BCUT2D eigenvalue weighted by molar-refractivity contribution is -0.137. The second-order valence-corrected chi connectivity index (χ2v) is 14.1. The molecule has 0 N–H and O–H groups in total. The van der Waals surface area contributed by atoms with Gasteiger partial charge in [0.2, 0.25) is 5.91 Å². The van der Waals surface area contributed by atoms with E-state index in [1.165, 1.54) is 4.68 Å². The van der Waals surface area contributed by atoms with Gasteiger partial charge in [0.05, 0.1) is 24.2 Å². The van der Waals surface area contributed by atoms with Gasteiger partial charge in [0.15, 0.2) is 11.5 Å². The zero-order valence-electron chi connectivity index (χ0n) is 28.2. The molecule has 1 saturated heterocycles. The molecule has 8 nitrogen and oxygen atoms in total. The van der Waals surface area contributed by atoms with Crippen molar-refractivity contribution in [3.8, 4) is 11.5 Å². The van der Waals surface area contributed by atoms with Crippen LogP contribution in [0.4, 0.5) is 4.79 Å². The Morgan fingerprint density at radius 2 is 1.72 bits per heavy atom. The van der Waals surface area contributed by atoms with Crippen LogP contribution in [0.1, 0.15) is 82.4 Å².